The van der Waals surface area contributed by atoms with Crippen LogP contribution in [0.5, 0.6) is 0 Å². The summed E-state index contributed by atoms with van der Waals surface area (Å²) in [6, 6.07) is 1.91. The Bertz CT molecular complexity index is 541. The van der Waals surface area contributed by atoms with Gasteiger partial charge in [-0.25, -0.2) is 9.97 Å². The van der Waals surface area contributed by atoms with E-state index >= 15 is 0 Å². The van der Waals surface area contributed by atoms with Crippen molar-refractivity contribution in [3.8, 4) is 11.6 Å². The molecule has 1 N–H and O–H groups in total. The lowest BCUT2D eigenvalue weighted by molar-refractivity contribution is 0.856. The lowest BCUT2D eigenvalue weighted by atomic mass is 10.2. The van der Waals surface area contributed by atoms with Crippen molar-refractivity contribution in [1.82, 2.24) is 19.5 Å². The number of hydrogen-bond donors (Lipinski definition) is 1. The van der Waals surface area contributed by atoms with E-state index in [9.17, 15) is 0 Å². The second-order valence-corrected chi connectivity index (χ2v) is 4.12. The molecular weight excluding hydrogens is 220 g/mol. The largest absolute Gasteiger partial charge is 0.341 e. The van der Waals surface area contributed by atoms with Gasteiger partial charge >= 0.3 is 0 Å². The summed E-state index contributed by atoms with van der Waals surface area (Å²) in [7, 11) is 1.94. The summed E-state index contributed by atoms with van der Waals surface area (Å²) >= 11 is 5.15. The Morgan fingerprint density at radius 1 is 1.50 bits per heavy atom. The first-order valence-electron chi connectivity index (χ1n) is 5.28. The van der Waals surface area contributed by atoms with Crippen molar-refractivity contribution in [2.75, 3.05) is 0 Å². The van der Waals surface area contributed by atoms with Crippen LogP contribution >= 0.6 is 12.2 Å². The monoisotopic (exact) mass is 234 g/mol. The molecule has 0 atom stereocenters. The maximum absolute atomic E-state index is 5.15. The van der Waals surface area contributed by atoms with E-state index in [0.717, 1.165) is 30.2 Å². The van der Waals surface area contributed by atoms with Gasteiger partial charge in [0.05, 0.1) is 0 Å². The molecule has 2 aromatic heterocycles. The van der Waals surface area contributed by atoms with Gasteiger partial charge in [0.2, 0.25) is 0 Å². The van der Waals surface area contributed by atoms with Crippen molar-refractivity contribution in [3.05, 3.63) is 28.8 Å². The Balaban J connectivity index is 2.49. The molecule has 0 radical (unpaired) electrons. The second kappa shape index (κ2) is 4.57. The van der Waals surface area contributed by atoms with E-state index in [1.54, 1.807) is 6.20 Å². The maximum atomic E-state index is 5.15. The number of nitrogens with zero attached hydrogens (tertiary/aromatic N) is 3. The first-order valence-corrected chi connectivity index (χ1v) is 5.69. The van der Waals surface area contributed by atoms with E-state index in [1.165, 1.54) is 0 Å². The van der Waals surface area contributed by atoms with Crippen molar-refractivity contribution in [2.24, 2.45) is 7.05 Å². The zero-order valence-electron chi connectivity index (χ0n) is 9.40. The molecule has 5 heteroatoms. The van der Waals surface area contributed by atoms with Gasteiger partial charge in [-0.15, -0.1) is 0 Å². The van der Waals surface area contributed by atoms with Crippen molar-refractivity contribution in [2.45, 2.75) is 19.8 Å². The van der Waals surface area contributed by atoms with Crippen molar-refractivity contribution in [3.63, 3.8) is 0 Å². The highest BCUT2D eigenvalue weighted by atomic mass is 32.1. The van der Waals surface area contributed by atoms with Crippen LogP contribution in [0.4, 0.5) is 0 Å². The summed E-state index contributed by atoms with van der Waals surface area (Å²) in [6.45, 7) is 2.14. The molecule has 84 valence electrons. The van der Waals surface area contributed by atoms with E-state index in [2.05, 4.69) is 21.9 Å². The molecule has 4 nitrogen and oxygen atoms in total. The normalized spacial score (nSPS) is 10.6. The van der Waals surface area contributed by atoms with Crippen LogP contribution in [0, 0.1) is 4.64 Å². The lowest BCUT2D eigenvalue weighted by Gasteiger charge is -2.04. The quantitative estimate of drug-likeness (QED) is 0.830. The SMILES string of the molecule is CCCc1cc(=S)nc(-c2nccn2C)[nH]1. The van der Waals surface area contributed by atoms with Gasteiger partial charge in [-0.1, -0.05) is 25.6 Å². The topological polar surface area (TPSA) is 46.5 Å². The van der Waals surface area contributed by atoms with Crippen molar-refractivity contribution >= 4 is 12.2 Å². The summed E-state index contributed by atoms with van der Waals surface area (Å²) in [5, 5.41) is 0. The fourth-order valence-electron chi connectivity index (χ4n) is 1.61. The molecule has 0 bridgehead atoms. The average molecular weight is 234 g/mol. The number of aryl methyl sites for hydroxylation is 2. The first kappa shape index (κ1) is 11.0. The Kier molecular flexibility index (Phi) is 3.14. The molecule has 2 heterocycles. The Morgan fingerprint density at radius 2 is 2.31 bits per heavy atom. The summed E-state index contributed by atoms with van der Waals surface area (Å²) in [5.41, 5.74) is 1.11. The number of nitrogens with one attached hydrogen (secondary N) is 1. The van der Waals surface area contributed by atoms with Gasteiger partial charge in [0, 0.05) is 25.1 Å². The van der Waals surface area contributed by atoms with E-state index in [-0.39, 0.29) is 0 Å². The number of aromatic nitrogens is 4. The highest BCUT2D eigenvalue weighted by Gasteiger charge is 2.06. The first-order chi connectivity index (χ1) is 7.70. The maximum Gasteiger partial charge on any atom is 0.175 e. The molecular formula is C11H14N4S. The molecule has 0 aliphatic heterocycles. The van der Waals surface area contributed by atoms with Crippen LogP contribution < -0.4 is 0 Å². The van der Waals surface area contributed by atoms with Crippen LogP contribution in [0.25, 0.3) is 11.6 Å². The van der Waals surface area contributed by atoms with Gasteiger partial charge in [0.1, 0.15) is 4.64 Å². The van der Waals surface area contributed by atoms with Crippen molar-refractivity contribution in [1.29, 1.82) is 0 Å². The molecule has 0 spiro atoms. The van der Waals surface area contributed by atoms with E-state index in [1.807, 2.05) is 23.9 Å². The minimum absolute atomic E-state index is 0.611. The minimum Gasteiger partial charge on any atom is -0.341 e. The molecule has 0 unspecified atom stereocenters. The zero-order chi connectivity index (χ0) is 11.5. The Morgan fingerprint density at radius 3 is 2.94 bits per heavy atom. The Hall–Kier alpha value is -1.49. The fourth-order valence-corrected chi connectivity index (χ4v) is 1.84. The van der Waals surface area contributed by atoms with Gasteiger partial charge in [-0.3, -0.25) is 0 Å². The van der Waals surface area contributed by atoms with E-state index < -0.39 is 0 Å². The zero-order valence-corrected chi connectivity index (χ0v) is 10.2. The molecule has 16 heavy (non-hydrogen) atoms. The average Bonchev–Trinajstić information content (AvgIpc) is 2.64. The molecule has 0 amide bonds. The second-order valence-electron chi connectivity index (χ2n) is 3.70. The number of aromatic amines is 1. The number of hydrogen-bond acceptors (Lipinski definition) is 3. The van der Waals surface area contributed by atoms with Gasteiger partial charge in [-0.05, 0) is 12.5 Å². The predicted octanol–water partition coefficient (Wildman–Crippen LogP) is 2.49. The third kappa shape index (κ3) is 2.19. The van der Waals surface area contributed by atoms with Gasteiger partial charge in [0.25, 0.3) is 0 Å². The van der Waals surface area contributed by atoms with E-state index in [4.69, 9.17) is 12.2 Å². The molecule has 0 aliphatic carbocycles. The highest BCUT2D eigenvalue weighted by molar-refractivity contribution is 7.71. The summed E-state index contributed by atoms with van der Waals surface area (Å²) in [5.74, 6) is 1.55. The molecule has 2 rings (SSSR count). The summed E-state index contributed by atoms with van der Waals surface area (Å²) < 4.78 is 2.53. The molecule has 0 saturated carbocycles. The van der Waals surface area contributed by atoms with Gasteiger partial charge in [0.15, 0.2) is 11.6 Å². The highest BCUT2D eigenvalue weighted by Crippen LogP contribution is 2.12. The van der Waals surface area contributed by atoms with Crippen LogP contribution in [0.1, 0.15) is 19.0 Å². The molecule has 0 aromatic carbocycles. The predicted molar refractivity (Wildman–Crippen MR) is 65.6 cm³/mol. The standard InChI is InChI=1S/C11H14N4S/c1-3-4-8-7-9(16)14-10(13-8)11-12-5-6-15(11)2/h5-7H,3-4H2,1-2H3,(H,13,14,16). The van der Waals surface area contributed by atoms with Crippen molar-refractivity contribution < 1.29 is 0 Å². The smallest absolute Gasteiger partial charge is 0.175 e. The van der Waals surface area contributed by atoms with Crippen LogP contribution in [-0.2, 0) is 13.5 Å². The summed E-state index contributed by atoms with van der Waals surface area (Å²) in [4.78, 5) is 11.8. The third-order valence-corrected chi connectivity index (χ3v) is 2.56. The van der Waals surface area contributed by atoms with Crippen LogP contribution in [0.15, 0.2) is 18.5 Å². The lowest BCUT2D eigenvalue weighted by Crippen LogP contribution is -2.00. The number of rotatable bonds is 3. The minimum atomic E-state index is 0.611. The van der Waals surface area contributed by atoms with Gasteiger partial charge < -0.3 is 9.55 Å². The van der Waals surface area contributed by atoms with Crippen LogP contribution in [0.2, 0.25) is 0 Å². The molecule has 0 aliphatic rings. The number of H-pyrrole nitrogens is 1. The molecule has 2 aromatic rings. The van der Waals surface area contributed by atoms with E-state index in [0.29, 0.717) is 4.64 Å². The van der Waals surface area contributed by atoms with Crippen LogP contribution in [-0.4, -0.2) is 19.5 Å². The summed E-state index contributed by atoms with van der Waals surface area (Å²) in [6.07, 6.45) is 5.69. The number of imidazole rings is 1. The fraction of sp³-hybridized carbons (Fsp3) is 0.364. The Labute approximate surface area is 99.4 Å². The molecule has 0 saturated heterocycles. The van der Waals surface area contributed by atoms with Crippen LogP contribution in [0.3, 0.4) is 0 Å². The molecule has 0 fully saturated rings. The third-order valence-electron chi connectivity index (χ3n) is 2.35. The van der Waals surface area contributed by atoms with Gasteiger partial charge in [-0.2, -0.15) is 0 Å².